The maximum atomic E-state index is 11.4. The van der Waals surface area contributed by atoms with Crippen LogP contribution in [-0.4, -0.2) is 19.1 Å². The highest BCUT2D eigenvalue weighted by Gasteiger charge is 2.02. The van der Waals surface area contributed by atoms with E-state index in [1.165, 1.54) is 0 Å². The summed E-state index contributed by atoms with van der Waals surface area (Å²) >= 11 is 0. The van der Waals surface area contributed by atoms with E-state index in [-0.39, 0.29) is 12.5 Å². The molecule has 21 heavy (non-hydrogen) atoms. The summed E-state index contributed by atoms with van der Waals surface area (Å²) in [5.74, 6) is 2.04. The lowest BCUT2D eigenvalue weighted by Gasteiger charge is -2.08. The highest BCUT2D eigenvalue weighted by atomic mass is 16.5. The first-order valence-corrected chi connectivity index (χ1v) is 7.00. The van der Waals surface area contributed by atoms with Gasteiger partial charge in [-0.25, -0.2) is 0 Å². The molecule has 2 aromatic rings. The number of ether oxygens (including phenoxy) is 2. The molecule has 4 heteroatoms. The van der Waals surface area contributed by atoms with Crippen LogP contribution in [0.3, 0.4) is 0 Å². The largest absolute Gasteiger partial charge is 0.484 e. The van der Waals surface area contributed by atoms with Gasteiger partial charge in [-0.05, 0) is 42.8 Å². The molecule has 1 amide bonds. The van der Waals surface area contributed by atoms with Crippen molar-refractivity contribution < 1.29 is 14.3 Å². The van der Waals surface area contributed by atoms with Crippen molar-refractivity contribution in [2.45, 2.75) is 13.3 Å². The first-order valence-electron chi connectivity index (χ1n) is 7.00. The lowest BCUT2D eigenvalue weighted by Crippen LogP contribution is -2.29. The van der Waals surface area contributed by atoms with Crippen molar-refractivity contribution in [1.29, 1.82) is 0 Å². The molecule has 0 saturated heterocycles. The molecule has 0 unspecified atom stereocenters. The monoisotopic (exact) mass is 285 g/mol. The Morgan fingerprint density at radius 3 is 2.24 bits per heavy atom. The fourth-order valence-electron chi connectivity index (χ4n) is 1.69. The third-order valence-electron chi connectivity index (χ3n) is 2.74. The number of carbonyl (C=O) groups is 1. The third-order valence-corrected chi connectivity index (χ3v) is 2.74. The Bertz CT molecular complexity index is 552. The standard InChI is InChI=1S/C17H19NO3/c1-2-12-18-17(19)13-20-14-8-10-16(11-9-14)21-15-6-4-3-5-7-15/h3-11H,2,12-13H2,1H3,(H,18,19). The second kappa shape index (κ2) is 7.94. The minimum absolute atomic E-state index is 0.0267. The Balaban J connectivity index is 1.83. The van der Waals surface area contributed by atoms with Crippen molar-refractivity contribution in [2.75, 3.05) is 13.2 Å². The van der Waals surface area contributed by atoms with E-state index >= 15 is 0 Å². The van der Waals surface area contributed by atoms with E-state index < -0.39 is 0 Å². The summed E-state index contributed by atoms with van der Waals surface area (Å²) < 4.78 is 11.1. The SMILES string of the molecule is CCCNC(=O)COc1ccc(Oc2ccccc2)cc1. The molecule has 0 spiro atoms. The second-order valence-electron chi connectivity index (χ2n) is 4.53. The summed E-state index contributed by atoms with van der Waals surface area (Å²) in [5, 5.41) is 2.76. The number of benzene rings is 2. The van der Waals surface area contributed by atoms with Gasteiger partial charge >= 0.3 is 0 Å². The van der Waals surface area contributed by atoms with E-state index in [4.69, 9.17) is 9.47 Å². The van der Waals surface area contributed by atoms with Crippen LogP contribution in [0.4, 0.5) is 0 Å². The Kier molecular flexibility index (Phi) is 5.64. The highest BCUT2D eigenvalue weighted by molar-refractivity contribution is 5.77. The smallest absolute Gasteiger partial charge is 0.257 e. The summed E-state index contributed by atoms with van der Waals surface area (Å²) in [6, 6.07) is 16.7. The van der Waals surface area contributed by atoms with Gasteiger partial charge in [0.05, 0.1) is 0 Å². The summed E-state index contributed by atoms with van der Waals surface area (Å²) in [6.45, 7) is 2.71. The van der Waals surface area contributed by atoms with Crippen LogP contribution in [0.2, 0.25) is 0 Å². The Morgan fingerprint density at radius 1 is 0.952 bits per heavy atom. The van der Waals surface area contributed by atoms with Crippen molar-refractivity contribution in [3.05, 3.63) is 54.6 Å². The zero-order valence-corrected chi connectivity index (χ0v) is 12.0. The van der Waals surface area contributed by atoms with Gasteiger partial charge in [-0.1, -0.05) is 25.1 Å². The van der Waals surface area contributed by atoms with E-state index in [0.717, 1.165) is 17.9 Å². The van der Waals surface area contributed by atoms with Crippen LogP contribution in [0.25, 0.3) is 0 Å². The summed E-state index contributed by atoms with van der Waals surface area (Å²) in [6.07, 6.45) is 0.914. The van der Waals surface area contributed by atoms with Crippen LogP contribution in [0.1, 0.15) is 13.3 Å². The topological polar surface area (TPSA) is 47.6 Å². The lowest BCUT2D eigenvalue weighted by molar-refractivity contribution is -0.123. The van der Waals surface area contributed by atoms with Crippen molar-refractivity contribution in [3.8, 4) is 17.2 Å². The van der Waals surface area contributed by atoms with Crippen LogP contribution >= 0.6 is 0 Å². The summed E-state index contributed by atoms with van der Waals surface area (Å²) in [5.41, 5.74) is 0. The van der Waals surface area contributed by atoms with Gasteiger partial charge < -0.3 is 14.8 Å². The van der Waals surface area contributed by atoms with Crippen molar-refractivity contribution in [1.82, 2.24) is 5.32 Å². The second-order valence-corrected chi connectivity index (χ2v) is 4.53. The summed E-state index contributed by atoms with van der Waals surface area (Å²) in [7, 11) is 0. The molecular weight excluding hydrogens is 266 g/mol. The van der Waals surface area contributed by atoms with Gasteiger partial charge in [-0.2, -0.15) is 0 Å². The molecule has 0 aliphatic heterocycles. The van der Waals surface area contributed by atoms with Crippen molar-refractivity contribution in [3.63, 3.8) is 0 Å². The van der Waals surface area contributed by atoms with Gasteiger partial charge in [0, 0.05) is 6.54 Å². The molecule has 0 aliphatic carbocycles. The molecule has 2 rings (SSSR count). The van der Waals surface area contributed by atoms with Crippen LogP contribution in [0, 0.1) is 0 Å². The molecule has 0 atom stereocenters. The van der Waals surface area contributed by atoms with E-state index in [1.807, 2.05) is 49.4 Å². The van der Waals surface area contributed by atoms with Crippen LogP contribution < -0.4 is 14.8 Å². The predicted octanol–water partition coefficient (Wildman–Crippen LogP) is 3.38. The number of carbonyl (C=O) groups excluding carboxylic acids is 1. The zero-order chi connectivity index (χ0) is 14.9. The maximum absolute atomic E-state index is 11.4. The molecule has 0 fully saturated rings. The first-order chi connectivity index (χ1) is 10.3. The molecule has 0 bridgehead atoms. The molecule has 0 radical (unpaired) electrons. The highest BCUT2D eigenvalue weighted by Crippen LogP contribution is 2.23. The fraction of sp³-hybridized carbons (Fsp3) is 0.235. The van der Waals surface area contributed by atoms with Gasteiger partial charge in [-0.3, -0.25) is 4.79 Å². The quantitative estimate of drug-likeness (QED) is 0.848. The van der Waals surface area contributed by atoms with Crippen molar-refractivity contribution in [2.24, 2.45) is 0 Å². The number of nitrogens with one attached hydrogen (secondary N) is 1. The predicted molar refractivity (Wildman–Crippen MR) is 81.8 cm³/mol. The Morgan fingerprint density at radius 2 is 1.57 bits per heavy atom. The molecule has 4 nitrogen and oxygen atoms in total. The molecular formula is C17H19NO3. The minimum atomic E-state index is -0.110. The first kappa shape index (κ1) is 14.9. The van der Waals surface area contributed by atoms with Gasteiger partial charge in [0.2, 0.25) is 0 Å². The van der Waals surface area contributed by atoms with Crippen molar-refractivity contribution >= 4 is 5.91 Å². The lowest BCUT2D eigenvalue weighted by atomic mass is 10.3. The van der Waals surface area contributed by atoms with Crippen LogP contribution in [0.15, 0.2) is 54.6 Å². The van der Waals surface area contributed by atoms with Crippen LogP contribution in [-0.2, 0) is 4.79 Å². The van der Waals surface area contributed by atoms with Crippen LogP contribution in [0.5, 0.6) is 17.2 Å². The van der Waals surface area contributed by atoms with Gasteiger partial charge in [0.25, 0.3) is 5.91 Å². The zero-order valence-electron chi connectivity index (χ0n) is 12.0. The number of hydrogen-bond acceptors (Lipinski definition) is 3. The molecule has 2 aromatic carbocycles. The minimum Gasteiger partial charge on any atom is -0.484 e. The third kappa shape index (κ3) is 5.18. The molecule has 110 valence electrons. The Hall–Kier alpha value is -2.49. The molecule has 0 aromatic heterocycles. The maximum Gasteiger partial charge on any atom is 0.257 e. The number of hydrogen-bond donors (Lipinski definition) is 1. The molecule has 0 aliphatic rings. The molecule has 1 N–H and O–H groups in total. The molecule has 0 saturated carbocycles. The number of amides is 1. The fourth-order valence-corrected chi connectivity index (χ4v) is 1.69. The Labute approximate surface area is 124 Å². The number of rotatable bonds is 7. The molecule has 0 heterocycles. The van der Waals surface area contributed by atoms with Gasteiger partial charge in [-0.15, -0.1) is 0 Å². The van der Waals surface area contributed by atoms with Gasteiger partial charge in [0.15, 0.2) is 6.61 Å². The summed E-state index contributed by atoms with van der Waals surface area (Å²) in [4.78, 5) is 11.4. The average Bonchev–Trinajstić information content (AvgIpc) is 2.53. The van der Waals surface area contributed by atoms with E-state index in [0.29, 0.717) is 12.3 Å². The van der Waals surface area contributed by atoms with Gasteiger partial charge in [0.1, 0.15) is 17.2 Å². The average molecular weight is 285 g/mol. The van der Waals surface area contributed by atoms with E-state index in [2.05, 4.69) is 5.32 Å². The van der Waals surface area contributed by atoms with E-state index in [9.17, 15) is 4.79 Å². The normalized spacial score (nSPS) is 9.95. The van der Waals surface area contributed by atoms with E-state index in [1.54, 1.807) is 12.1 Å². The number of para-hydroxylation sites is 1.